The van der Waals surface area contributed by atoms with Crippen LogP contribution in [0.2, 0.25) is 0 Å². The Hall–Kier alpha value is -0.0500. The molecule has 78 valence electrons. The van der Waals surface area contributed by atoms with Gasteiger partial charge in [-0.2, -0.15) is 0 Å². The van der Waals surface area contributed by atoms with Crippen molar-refractivity contribution in [3.8, 4) is 0 Å². The van der Waals surface area contributed by atoms with E-state index in [-0.39, 0.29) is 0 Å². The van der Waals surface area contributed by atoms with Crippen LogP contribution >= 0.6 is 11.6 Å². The maximum absolute atomic E-state index is 5.66. The third-order valence-corrected chi connectivity index (χ3v) is 2.20. The minimum Gasteiger partial charge on any atom is -0.308 e. The summed E-state index contributed by atoms with van der Waals surface area (Å²) in [7, 11) is 0. The predicted molar refractivity (Wildman–Crippen MR) is 60.2 cm³/mol. The molecule has 1 atom stereocenters. The van der Waals surface area contributed by atoms with Gasteiger partial charge in [0, 0.05) is 24.2 Å². The first-order valence-electron chi connectivity index (χ1n) is 4.89. The smallest absolute Gasteiger partial charge is 0.0310 e. The highest BCUT2D eigenvalue weighted by atomic mass is 35.5. The number of rotatable bonds is 7. The molecule has 0 spiro atoms. The molecule has 0 bridgehead atoms. The Labute approximate surface area is 86.9 Å². The first-order chi connectivity index (χ1) is 6.10. The van der Waals surface area contributed by atoms with Gasteiger partial charge in [-0.05, 0) is 20.0 Å². The molecule has 0 fully saturated rings. The number of nitrogens with one attached hydrogen (secondary N) is 1. The fraction of sp³-hybridized carbons (Fsp3) is 0.800. The number of nitrogens with zero attached hydrogens (tertiary/aromatic N) is 1. The fourth-order valence-corrected chi connectivity index (χ4v) is 1.30. The van der Waals surface area contributed by atoms with E-state index in [0.717, 1.165) is 19.6 Å². The second-order valence-electron chi connectivity index (χ2n) is 3.29. The Kier molecular flexibility index (Phi) is 7.33. The molecule has 13 heavy (non-hydrogen) atoms. The molecule has 0 saturated heterocycles. The van der Waals surface area contributed by atoms with Crippen molar-refractivity contribution in [1.82, 2.24) is 10.2 Å². The van der Waals surface area contributed by atoms with Crippen molar-refractivity contribution in [1.29, 1.82) is 0 Å². The molecular weight excluding hydrogens is 184 g/mol. The predicted octanol–water partition coefficient (Wildman–Crippen LogP) is 2.06. The van der Waals surface area contributed by atoms with E-state index >= 15 is 0 Å². The van der Waals surface area contributed by atoms with Crippen molar-refractivity contribution in [2.45, 2.75) is 26.8 Å². The summed E-state index contributed by atoms with van der Waals surface area (Å²) in [5, 5.41) is 3.98. The van der Waals surface area contributed by atoms with Crippen LogP contribution in [0.5, 0.6) is 0 Å². The average Bonchev–Trinajstić information content (AvgIpc) is 2.10. The van der Waals surface area contributed by atoms with E-state index in [1.807, 2.05) is 0 Å². The van der Waals surface area contributed by atoms with E-state index < -0.39 is 0 Å². The first-order valence-corrected chi connectivity index (χ1v) is 5.26. The molecule has 0 radical (unpaired) electrons. The largest absolute Gasteiger partial charge is 0.308 e. The first kappa shape index (κ1) is 12.9. The van der Waals surface area contributed by atoms with Gasteiger partial charge in [0.15, 0.2) is 0 Å². The van der Waals surface area contributed by atoms with Crippen LogP contribution in [-0.4, -0.2) is 37.1 Å². The van der Waals surface area contributed by atoms with Gasteiger partial charge in [0.2, 0.25) is 0 Å². The van der Waals surface area contributed by atoms with Gasteiger partial charge in [-0.25, -0.2) is 0 Å². The summed E-state index contributed by atoms with van der Waals surface area (Å²) in [6.45, 7) is 14.1. The molecule has 1 N–H and O–H groups in total. The number of likely N-dealkylation sites (N-methyl/N-ethyl adjacent to an activating group) is 1. The molecule has 0 aromatic carbocycles. The van der Waals surface area contributed by atoms with Crippen LogP contribution in [-0.2, 0) is 0 Å². The zero-order valence-corrected chi connectivity index (χ0v) is 9.69. The Morgan fingerprint density at radius 3 is 2.38 bits per heavy atom. The minimum absolute atomic E-state index is 0.468. The van der Waals surface area contributed by atoms with Crippen LogP contribution in [0.25, 0.3) is 0 Å². The van der Waals surface area contributed by atoms with E-state index in [1.54, 1.807) is 0 Å². The van der Waals surface area contributed by atoms with Gasteiger partial charge in [0.1, 0.15) is 0 Å². The lowest BCUT2D eigenvalue weighted by Gasteiger charge is -2.23. The quantitative estimate of drug-likeness (QED) is 0.683. The highest BCUT2D eigenvalue weighted by Crippen LogP contribution is 1.96. The maximum atomic E-state index is 5.66. The van der Waals surface area contributed by atoms with Crippen molar-refractivity contribution in [2.75, 3.05) is 26.2 Å². The van der Waals surface area contributed by atoms with Gasteiger partial charge in [0.05, 0.1) is 0 Å². The van der Waals surface area contributed by atoms with E-state index in [9.17, 15) is 0 Å². The monoisotopic (exact) mass is 204 g/mol. The van der Waals surface area contributed by atoms with Crippen molar-refractivity contribution >= 4 is 11.6 Å². The van der Waals surface area contributed by atoms with Gasteiger partial charge in [-0.3, -0.25) is 0 Å². The van der Waals surface area contributed by atoms with Gasteiger partial charge < -0.3 is 10.2 Å². The molecule has 0 rings (SSSR count). The summed E-state index contributed by atoms with van der Waals surface area (Å²) in [5.74, 6) is 0. The number of hydrogen-bond donors (Lipinski definition) is 1. The highest BCUT2D eigenvalue weighted by molar-refractivity contribution is 6.29. The van der Waals surface area contributed by atoms with Crippen LogP contribution < -0.4 is 5.32 Å². The molecule has 0 saturated carbocycles. The Morgan fingerprint density at radius 2 is 2.00 bits per heavy atom. The lowest BCUT2D eigenvalue weighted by molar-refractivity contribution is 0.274. The molecule has 1 unspecified atom stereocenters. The van der Waals surface area contributed by atoms with Crippen LogP contribution in [0.15, 0.2) is 11.6 Å². The molecule has 0 amide bonds. The molecule has 0 aliphatic heterocycles. The fourth-order valence-electron chi connectivity index (χ4n) is 1.22. The molecular formula is C10H21ClN2. The van der Waals surface area contributed by atoms with E-state index in [4.69, 9.17) is 11.6 Å². The molecule has 0 aliphatic carbocycles. The van der Waals surface area contributed by atoms with Gasteiger partial charge >= 0.3 is 0 Å². The van der Waals surface area contributed by atoms with Crippen LogP contribution in [0, 0.1) is 0 Å². The number of hydrogen-bond acceptors (Lipinski definition) is 2. The zero-order valence-electron chi connectivity index (χ0n) is 8.94. The summed E-state index contributed by atoms with van der Waals surface area (Å²) >= 11 is 5.66. The second kappa shape index (κ2) is 7.36. The van der Waals surface area contributed by atoms with Crippen LogP contribution in [0.3, 0.4) is 0 Å². The third-order valence-electron chi connectivity index (χ3n) is 2.07. The van der Waals surface area contributed by atoms with E-state index in [1.165, 1.54) is 0 Å². The van der Waals surface area contributed by atoms with Crippen LogP contribution in [0.1, 0.15) is 20.8 Å². The minimum atomic E-state index is 0.468. The molecule has 0 heterocycles. The number of halogens is 1. The maximum Gasteiger partial charge on any atom is 0.0310 e. The van der Waals surface area contributed by atoms with Crippen molar-refractivity contribution in [3.05, 3.63) is 11.6 Å². The van der Waals surface area contributed by atoms with Crippen molar-refractivity contribution in [3.63, 3.8) is 0 Å². The summed E-state index contributed by atoms with van der Waals surface area (Å²) < 4.78 is 0. The summed E-state index contributed by atoms with van der Waals surface area (Å²) in [6, 6.07) is 0.468. The molecule has 0 aliphatic rings. The third kappa shape index (κ3) is 7.05. The van der Waals surface area contributed by atoms with Crippen LogP contribution in [0.4, 0.5) is 0 Å². The highest BCUT2D eigenvalue weighted by Gasteiger charge is 2.05. The molecule has 0 aromatic rings. The Morgan fingerprint density at radius 1 is 1.46 bits per heavy atom. The lowest BCUT2D eigenvalue weighted by atomic mass is 10.3. The standard InChI is InChI=1S/C10H21ClN2/c1-5-13(6-2)8-10(4)12-7-9(3)11/h10,12H,3,5-8H2,1-2,4H3. The lowest BCUT2D eigenvalue weighted by Crippen LogP contribution is -2.39. The average molecular weight is 205 g/mol. The normalized spacial score (nSPS) is 13.3. The van der Waals surface area contributed by atoms with Gasteiger partial charge in [0.25, 0.3) is 0 Å². The summed E-state index contributed by atoms with van der Waals surface area (Å²) in [5.41, 5.74) is 0. The second-order valence-corrected chi connectivity index (χ2v) is 3.82. The zero-order chi connectivity index (χ0) is 10.3. The SMILES string of the molecule is C=C(Cl)CNC(C)CN(CC)CC. The van der Waals surface area contributed by atoms with Gasteiger partial charge in [-0.15, -0.1) is 0 Å². The Balaban J connectivity index is 3.59. The molecule has 2 nitrogen and oxygen atoms in total. The Bertz CT molecular complexity index is 144. The van der Waals surface area contributed by atoms with E-state index in [2.05, 4.69) is 37.6 Å². The molecule has 3 heteroatoms. The molecule has 0 aromatic heterocycles. The topological polar surface area (TPSA) is 15.3 Å². The van der Waals surface area contributed by atoms with Crippen molar-refractivity contribution < 1.29 is 0 Å². The van der Waals surface area contributed by atoms with Crippen molar-refractivity contribution in [2.24, 2.45) is 0 Å². The summed E-state index contributed by atoms with van der Waals surface area (Å²) in [6.07, 6.45) is 0. The van der Waals surface area contributed by atoms with E-state index in [0.29, 0.717) is 17.6 Å². The van der Waals surface area contributed by atoms with Gasteiger partial charge in [-0.1, -0.05) is 32.0 Å². The summed E-state index contributed by atoms with van der Waals surface area (Å²) in [4.78, 5) is 2.38.